The van der Waals surface area contributed by atoms with E-state index in [4.69, 9.17) is 27.9 Å². The van der Waals surface area contributed by atoms with Crippen LogP contribution in [-0.4, -0.2) is 51.1 Å². The molecule has 11 nitrogen and oxygen atoms in total. The van der Waals surface area contributed by atoms with Gasteiger partial charge in [0, 0.05) is 28.3 Å². The van der Waals surface area contributed by atoms with Crippen LogP contribution in [0.15, 0.2) is 121 Å². The van der Waals surface area contributed by atoms with E-state index in [2.05, 4.69) is 10.4 Å². The van der Waals surface area contributed by atoms with E-state index in [9.17, 15) is 32.7 Å². The highest BCUT2D eigenvalue weighted by Crippen LogP contribution is 2.64. The summed E-state index contributed by atoms with van der Waals surface area (Å²) >= 11 is 12.7. The zero-order valence-corrected chi connectivity index (χ0v) is 34.6. The number of carbonyl (C=O) groups is 5. The van der Waals surface area contributed by atoms with Gasteiger partial charge in [0.25, 0.3) is 11.8 Å². The molecule has 320 valence electrons. The van der Waals surface area contributed by atoms with Crippen LogP contribution in [0.2, 0.25) is 10.0 Å². The molecular weight excluding hydrogens is 860 g/mol. The summed E-state index contributed by atoms with van der Waals surface area (Å²) in [5.74, 6) is -8.17. The number of aromatic hydroxyl groups is 1. The molecule has 1 aromatic heterocycles. The van der Waals surface area contributed by atoms with Crippen molar-refractivity contribution in [3.8, 4) is 11.5 Å². The van der Waals surface area contributed by atoms with Crippen molar-refractivity contribution in [2.75, 3.05) is 16.9 Å². The van der Waals surface area contributed by atoms with Crippen molar-refractivity contribution in [2.24, 2.45) is 23.7 Å². The number of rotatable bonds is 9. The normalized spacial score (nSPS) is 24.2. The second kappa shape index (κ2) is 15.7. The lowest BCUT2D eigenvalue weighted by molar-refractivity contribution is -0.139. The summed E-state index contributed by atoms with van der Waals surface area (Å²) in [4.78, 5) is 77.8. The van der Waals surface area contributed by atoms with E-state index in [-0.39, 0.29) is 42.4 Å². The number of pyridine rings is 1. The van der Waals surface area contributed by atoms with Crippen LogP contribution < -0.4 is 15.1 Å². The average Bonchev–Trinajstić information content (AvgIpc) is 3.65. The fraction of sp³-hybridized carbons (Fsp3) is 0.234. The predicted octanol–water partition coefficient (Wildman–Crippen LogP) is 8.93. The monoisotopic (exact) mass is 894 g/mol. The highest BCUT2D eigenvalue weighted by molar-refractivity contribution is 6.33. The summed E-state index contributed by atoms with van der Waals surface area (Å²) in [6.45, 7) is 1.90. The Hall–Kier alpha value is -6.51. The minimum Gasteiger partial charge on any atom is -0.504 e. The van der Waals surface area contributed by atoms with Gasteiger partial charge in [-0.05, 0) is 91.4 Å². The maximum absolute atomic E-state index is 15.5. The molecule has 0 spiro atoms. The lowest BCUT2D eigenvalue weighted by Gasteiger charge is -2.50. The fourth-order valence-electron chi connectivity index (χ4n) is 9.91. The van der Waals surface area contributed by atoms with Crippen LogP contribution in [-0.2, 0) is 30.8 Å². The SMILES string of the molecule is CCOc1cc(C2C3=CCC4C(=O)N(c5ccc(C(=O)c6ccccc6)cc5)C(=O)C4C3CC3C(=O)N(Nc4ncc(C(F)(F)F)cc4Cl)C(=O)C32c2ccc(Cl)cc2)ccc1O. The van der Waals surface area contributed by atoms with Gasteiger partial charge >= 0.3 is 6.18 Å². The summed E-state index contributed by atoms with van der Waals surface area (Å²) in [6, 6.07) is 26.4. The maximum Gasteiger partial charge on any atom is 0.417 e. The van der Waals surface area contributed by atoms with Crippen LogP contribution in [0, 0.1) is 23.7 Å². The third kappa shape index (κ3) is 6.74. The number of imide groups is 2. The molecule has 0 radical (unpaired) electrons. The number of benzene rings is 4. The number of carbonyl (C=O) groups excluding carboxylic acids is 5. The van der Waals surface area contributed by atoms with Gasteiger partial charge in [-0.3, -0.25) is 34.3 Å². The van der Waals surface area contributed by atoms with Gasteiger partial charge in [-0.1, -0.05) is 83.4 Å². The molecule has 2 saturated heterocycles. The number of amides is 4. The van der Waals surface area contributed by atoms with Crippen molar-refractivity contribution in [3.05, 3.63) is 159 Å². The van der Waals surface area contributed by atoms with E-state index in [0.717, 1.165) is 4.90 Å². The van der Waals surface area contributed by atoms with E-state index in [1.807, 2.05) is 6.08 Å². The van der Waals surface area contributed by atoms with Crippen LogP contribution in [0.4, 0.5) is 24.7 Å². The number of alkyl halides is 3. The molecule has 3 fully saturated rings. The molecular formula is C47H35Cl2F3N4O7. The van der Waals surface area contributed by atoms with Crippen LogP contribution >= 0.6 is 23.2 Å². The summed E-state index contributed by atoms with van der Waals surface area (Å²) in [6.07, 6.45) is -2.40. The Morgan fingerprint density at radius 2 is 1.59 bits per heavy atom. The molecule has 4 aliphatic rings. The first-order valence-electron chi connectivity index (χ1n) is 20.0. The predicted molar refractivity (Wildman–Crippen MR) is 225 cm³/mol. The molecule has 3 heterocycles. The number of halogens is 5. The first kappa shape index (κ1) is 41.8. The summed E-state index contributed by atoms with van der Waals surface area (Å²) in [5, 5.41) is 11.4. The Morgan fingerprint density at radius 1 is 0.889 bits per heavy atom. The third-order valence-corrected chi connectivity index (χ3v) is 13.1. The Morgan fingerprint density at radius 3 is 2.25 bits per heavy atom. The molecule has 5 aromatic rings. The van der Waals surface area contributed by atoms with E-state index in [1.54, 1.807) is 97.9 Å². The van der Waals surface area contributed by atoms with Crippen LogP contribution in [0.1, 0.15) is 58.3 Å². The number of nitrogens with one attached hydrogen (secondary N) is 1. The van der Waals surface area contributed by atoms with Crippen molar-refractivity contribution >= 4 is 64.1 Å². The molecule has 2 N–H and O–H groups in total. The van der Waals surface area contributed by atoms with Gasteiger partial charge in [0.2, 0.25) is 11.8 Å². The number of anilines is 2. The molecule has 0 bridgehead atoms. The smallest absolute Gasteiger partial charge is 0.417 e. The molecule has 4 amide bonds. The largest absolute Gasteiger partial charge is 0.504 e. The second-order valence-corrected chi connectivity index (χ2v) is 16.7. The van der Waals surface area contributed by atoms with Gasteiger partial charge in [0.15, 0.2) is 23.1 Å². The van der Waals surface area contributed by atoms with Crippen molar-refractivity contribution in [1.29, 1.82) is 0 Å². The molecule has 6 atom stereocenters. The van der Waals surface area contributed by atoms with E-state index in [0.29, 0.717) is 50.1 Å². The number of hydrogen-bond donors (Lipinski definition) is 2. The second-order valence-electron chi connectivity index (χ2n) is 15.8. The Labute approximate surface area is 368 Å². The lowest BCUT2D eigenvalue weighted by atomic mass is 9.49. The molecule has 4 aromatic carbocycles. The quantitative estimate of drug-likeness (QED) is 0.0842. The van der Waals surface area contributed by atoms with Crippen LogP contribution in [0.3, 0.4) is 0 Å². The number of nitrogens with zero attached hydrogens (tertiary/aromatic N) is 3. The van der Waals surface area contributed by atoms with Gasteiger partial charge in [-0.2, -0.15) is 18.2 Å². The van der Waals surface area contributed by atoms with Gasteiger partial charge in [-0.15, -0.1) is 0 Å². The number of allylic oxidation sites excluding steroid dienone is 2. The Balaban J connectivity index is 1.17. The number of phenolic OH excluding ortho intramolecular Hbond substituents is 1. The zero-order chi connectivity index (χ0) is 44.5. The van der Waals surface area contributed by atoms with Gasteiger partial charge < -0.3 is 9.84 Å². The zero-order valence-electron chi connectivity index (χ0n) is 33.1. The summed E-state index contributed by atoms with van der Waals surface area (Å²) < 4.78 is 46.5. The standard InChI is InChI=1S/C47H35Cl2F3N4O7/c1-2-63-37-20-26(10-19-36(37)57)39-31-17-18-32-38(44(61)55(42(32)59)30-15-8-25(9-16-30)40(58)24-6-4-3-5-7-24)33(31)22-34-43(60)56(45(62)46(34,39)27-11-13-29(48)14-12-27)54-41-35(49)21-28(23-53-41)47(50,51)52/h3-17,19-21,23,32-34,38-39,57H,2,18,22H2,1H3,(H,53,54). The lowest BCUT2D eigenvalue weighted by Crippen LogP contribution is -2.53. The molecule has 9 rings (SSSR count). The average molecular weight is 896 g/mol. The van der Waals surface area contributed by atoms with E-state index < -0.39 is 81.2 Å². The maximum atomic E-state index is 15.5. The van der Waals surface area contributed by atoms with E-state index >= 15 is 9.59 Å². The first-order valence-corrected chi connectivity index (χ1v) is 20.8. The first-order chi connectivity index (χ1) is 30.1. The van der Waals surface area contributed by atoms with Crippen molar-refractivity contribution in [2.45, 2.75) is 37.3 Å². The number of ether oxygens (including phenoxy) is 1. The van der Waals surface area contributed by atoms with Crippen LogP contribution in [0.25, 0.3) is 0 Å². The number of hydrogen-bond acceptors (Lipinski definition) is 9. The van der Waals surface area contributed by atoms with Gasteiger partial charge in [0.05, 0.1) is 46.0 Å². The number of aromatic nitrogens is 1. The highest BCUT2D eigenvalue weighted by Gasteiger charge is 2.70. The van der Waals surface area contributed by atoms with Crippen molar-refractivity contribution in [1.82, 2.24) is 9.99 Å². The molecule has 2 aliphatic heterocycles. The Bertz CT molecular complexity index is 2750. The fourth-order valence-corrected chi connectivity index (χ4v) is 10.2. The number of fused-ring (bicyclic) bond motifs is 4. The number of ketones is 1. The van der Waals surface area contributed by atoms with Gasteiger partial charge in [0.1, 0.15) is 0 Å². The summed E-state index contributed by atoms with van der Waals surface area (Å²) in [5.41, 5.74) is 2.16. The minimum absolute atomic E-state index is 0.0918. The van der Waals surface area contributed by atoms with Crippen molar-refractivity contribution in [3.63, 3.8) is 0 Å². The molecule has 63 heavy (non-hydrogen) atoms. The topological polar surface area (TPSA) is 146 Å². The highest BCUT2D eigenvalue weighted by atomic mass is 35.5. The Kier molecular flexibility index (Phi) is 10.4. The summed E-state index contributed by atoms with van der Waals surface area (Å²) in [7, 11) is 0. The third-order valence-electron chi connectivity index (χ3n) is 12.6. The number of hydrazine groups is 1. The molecule has 2 aliphatic carbocycles. The molecule has 6 unspecified atom stereocenters. The molecule has 1 saturated carbocycles. The van der Waals surface area contributed by atoms with Crippen LogP contribution in [0.5, 0.6) is 11.5 Å². The van der Waals surface area contributed by atoms with Gasteiger partial charge in [-0.25, -0.2) is 4.98 Å². The minimum atomic E-state index is -4.78. The molecule has 16 heteroatoms. The van der Waals surface area contributed by atoms with Crippen molar-refractivity contribution < 1.29 is 47.0 Å². The van der Waals surface area contributed by atoms with E-state index in [1.165, 1.54) is 6.07 Å². The number of phenols is 1.